The first-order valence-electron chi connectivity index (χ1n) is 5.61. The summed E-state index contributed by atoms with van der Waals surface area (Å²) >= 11 is 0. The molecule has 0 amide bonds. The summed E-state index contributed by atoms with van der Waals surface area (Å²) in [5.74, 6) is 0.742. The molecule has 1 unspecified atom stereocenters. The average Bonchev–Trinajstić information content (AvgIpc) is 2.39. The van der Waals surface area contributed by atoms with Gasteiger partial charge in [0.05, 0.1) is 25.3 Å². The van der Waals surface area contributed by atoms with Crippen molar-refractivity contribution >= 4 is 5.82 Å². The van der Waals surface area contributed by atoms with E-state index in [0.29, 0.717) is 19.7 Å². The number of aromatic nitrogens is 1. The number of hydrogen-bond donors (Lipinski definition) is 1. The van der Waals surface area contributed by atoms with E-state index in [1.165, 1.54) is 0 Å². The van der Waals surface area contributed by atoms with Gasteiger partial charge < -0.3 is 14.7 Å². The summed E-state index contributed by atoms with van der Waals surface area (Å²) in [5.41, 5.74) is 0.783. The molecular weight excluding hydrogens is 218 g/mol. The molecule has 0 spiro atoms. The van der Waals surface area contributed by atoms with Crippen LogP contribution in [0.15, 0.2) is 18.3 Å². The minimum atomic E-state index is -0.568. The zero-order valence-electron chi connectivity index (χ0n) is 9.71. The Hall–Kier alpha value is -1.64. The lowest BCUT2D eigenvalue weighted by molar-refractivity contribution is 0.0758. The molecule has 2 heterocycles. The lowest BCUT2D eigenvalue weighted by Crippen LogP contribution is -2.42. The molecule has 0 aliphatic carbocycles. The maximum atomic E-state index is 9.70. The van der Waals surface area contributed by atoms with Crippen LogP contribution in [-0.4, -0.2) is 35.9 Å². The van der Waals surface area contributed by atoms with E-state index >= 15 is 0 Å². The van der Waals surface area contributed by atoms with Crippen molar-refractivity contribution in [1.82, 2.24) is 4.98 Å². The summed E-state index contributed by atoms with van der Waals surface area (Å²) in [4.78, 5) is 6.28. The number of aliphatic hydroxyl groups excluding tert-OH is 1. The third kappa shape index (κ3) is 2.54. The molecule has 2 atom stereocenters. The summed E-state index contributed by atoms with van der Waals surface area (Å²) in [7, 11) is 0. The Kier molecular flexibility index (Phi) is 3.57. The summed E-state index contributed by atoms with van der Waals surface area (Å²) in [6.45, 7) is 3.40. The predicted molar refractivity (Wildman–Crippen MR) is 62.4 cm³/mol. The third-order valence-corrected chi connectivity index (χ3v) is 2.78. The van der Waals surface area contributed by atoms with Crippen LogP contribution in [0.4, 0.5) is 5.82 Å². The molecule has 17 heavy (non-hydrogen) atoms. The van der Waals surface area contributed by atoms with Gasteiger partial charge >= 0.3 is 0 Å². The van der Waals surface area contributed by atoms with E-state index in [9.17, 15) is 5.11 Å². The smallest absolute Gasteiger partial charge is 0.161 e. The Balaban J connectivity index is 2.25. The van der Waals surface area contributed by atoms with Crippen LogP contribution in [0.2, 0.25) is 0 Å². The van der Waals surface area contributed by atoms with E-state index in [-0.39, 0.29) is 0 Å². The van der Waals surface area contributed by atoms with Crippen LogP contribution in [0.5, 0.6) is 0 Å². The first kappa shape index (κ1) is 11.8. The Labute approximate surface area is 100 Å². The molecule has 1 N–H and O–H groups in total. The van der Waals surface area contributed by atoms with Gasteiger partial charge in [-0.05, 0) is 13.0 Å². The van der Waals surface area contributed by atoms with Crippen molar-refractivity contribution < 1.29 is 9.84 Å². The molecular formula is C12H15N3O2. The fraction of sp³-hybridized carbons (Fsp3) is 0.500. The first-order chi connectivity index (χ1) is 8.22. The maximum absolute atomic E-state index is 9.70. The number of aliphatic hydroxyl groups is 1. The summed E-state index contributed by atoms with van der Waals surface area (Å²) in [5, 5.41) is 18.6. The molecule has 1 saturated heterocycles. The van der Waals surface area contributed by atoms with Crippen LogP contribution in [0.3, 0.4) is 0 Å². The number of nitriles is 1. The van der Waals surface area contributed by atoms with E-state index in [1.807, 2.05) is 11.0 Å². The number of pyridine rings is 1. The van der Waals surface area contributed by atoms with Crippen molar-refractivity contribution in [2.45, 2.75) is 19.1 Å². The molecule has 1 aliphatic heterocycles. The van der Waals surface area contributed by atoms with Crippen LogP contribution < -0.4 is 4.90 Å². The van der Waals surface area contributed by atoms with Gasteiger partial charge in [0.25, 0.3) is 0 Å². The minimum Gasteiger partial charge on any atom is -0.389 e. The molecule has 0 aromatic carbocycles. The molecule has 1 fully saturated rings. The van der Waals surface area contributed by atoms with Crippen molar-refractivity contribution in [3.05, 3.63) is 23.9 Å². The Morgan fingerprint density at radius 2 is 2.53 bits per heavy atom. The molecule has 1 aliphatic rings. The molecule has 5 nitrogen and oxygen atoms in total. The lowest BCUT2D eigenvalue weighted by atomic mass is 10.1. The largest absolute Gasteiger partial charge is 0.389 e. The minimum absolute atomic E-state index is 0.424. The van der Waals surface area contributed by atoms with Gasteiger partial charge in [-0.3, -0.25) is 0 Å². The number of nitrogens with zero attached hydrogens (tertiary/aromatic N) is 3. The Bertz CT molecular complexity index is 428. The van der Waals surface area contributed by atoms with Crippen LogP contribution in [-0.2, 0) is 4.74 Å². The van der Waals surface area contributed by atoms with E-state index in [0.717, 1.165) is 11.4 Å². The average molecular weight is 233 g/mol. The quantitative estimate of drug-likeness (QED) is 0.820. The molecule has 1 aromatic rings. The molecule has 0 saturated carbocycles. The van der Waals surface area contributed by atoms with Gasteiger partial charge in [0.15, 0.2) is 6.10 Å². The van der Waals surface area contributed by atoms with Crippen LogP contribution in [0.1, 0.15) is 18.6 Å². The van der Waals surface area contributed by atoms with Crippen molar-refractivity contribution in [3.63, 3.8) is 0 Å². The second-order valence-electron chi connectivity index (χ2n) is 4.03. The second kappa shape index (κ2) is 5.13. The second-order valence-corrected chi connectivity index (χ2v) is 4.03. The topological polar surface area (TPSA) is 69.4 Å². The highest BCUT2D eigenvalue weighted by Crippen LogP contribution is 2.24. The van der Waals surface area contributed by atoms with Gasteiger partial charge in [-0.1, -0.05) is 6.07 Å². The van der Waals surface area contributed by atoms with Crippen LogP contribution in [0, 0.1) is 11.3 Å². The van der Waals surface area contributed by atoms with Crippen molar-refractivity contribution in [2.75, 3.05) is 24.6 Å². The molecule has 0 radical (unpaired) electrons. The van der Waals surface area contributed by atoms with E-state index in [2.05, 4.69) is 11.1 Å². The Morgan fingerprint density at radius 1 is 1.71 bits per heavy atom. The molecule has 1 aromatic heterocycles. The van der Waals surface area contributed by atoms with E-state index in [4.69, 9.17) is 10.00 Å². The monoisotopic (exact) mass is 233 g/mol. The maximum Gasteiger partial charge on any atom is 0.161 e. The lowest BCUT2D eigenvalue weighted by Gasteiger charge is -2.32. The fourth-order valence-corrected chi connectivity index (χ4v) is 1.92. The number of ether oxygens (including phenoxy) is 1. The van der Waals surface area contributed by atoms with Crippen molar-refractivity contribution in [2.24, 2.45) is 0 Å². The summed E-state index contributed by atoms with van der Waals surface area (Å²) < 4.78 is 5.29. The number of rotatable bonds is 2. The number of hydrogen-bond acceptors (Lipinski definition) is 5. The normalized spacial score (nSPS) is 21.9. The molecule has 90 valence electrons. The zero-order valence-corrected chi connectivity index (χ0v) is 9.71. The van der Waals surface area contributed by atoms with Crippen molar-refractivity contribution in [3.8, 4) is 6.07 Å². The fourth-order valence-electron chi connectivity index (χ4n) is 1.92. The SMILES string of the molecule is C[C@@H](O)c1cccnc1N1CCOC(C#N)C1. The predicted octanol–water partition coefficient (Wildman–Crippen LogP) is 0.864. The standard InChI is InChI=1S/C12H15N3O2/c1-9(16)11-3-2-4-14-12(11)15-5-6-17-10(7-13)8-15/h2-4,9-10,16H,5-6,8H2,1H3/t9-,10?/m1/s1. The highest BCUT2D eigenvalue weighted by Gasteiger charge is 2.23. The summed E-state index contributed by atoms with van der Waals surface area (Å²) in [6.07, 6.45) is 0.701. The van der Waals surface area contributed by atoms with Gasteiger partial charge in [-0.25, -0.2) is 4.98 Å². The zero-order chi connectivity index (χ0) is 12.3. The van der Waals surface area contributed by atoms with Gasteiger partial charge in [0.2, 0.25) is 0 Å². The van der Waals surface area contributed by atoms with Gasteiger partial charge in [-0.15, -0.1) is 0 Å². The number of anilines is 1. The molecule has 5 heteroatoms. The first-order valence-corrected chi connectivity index (χ1v) is 5.61. The van der Waals surface area contributed by atoms with Gasteiger partial charge in [0, 0.05) is 18.3 Å². The van der Waals surface area contributed by atoms with E-state index in [1.54, 1.807) is 19.2 Å². The van der Waals surface area contributed by atoms with Gasteiger partial charge in [0.1, 0.15) is 5.82 Å². The highest BCUT2D eigenvalue weighted by molar-refractivity contribution is 5.48. The molecule has 0 bridgehead atoms. The number of morpholine rings is 1. The highest BCUT2D eigenvalue weighted by atomic mass is 16.5. The van der Waals surface area contributed by atoms with Crippen LogP contribution >= 0.6 is 0 Å². The molecule has 2 rings (SSSR count). The Morgan fingerprint density at radius 3 is 3.24 bits per heavy atom. The van der Waals surface area contributed by atoms with Crippen LogP contribution in [0.25, 0.3) is 0 Å². The third-order valence-electron chi connectivity index (χ3n) is 2.78. The van der Waals surface area contributed by atoms with Crippen molar-refractivity contribution in [1.29, 1.82) is 5.26 Å². The van der Waals surface area contributed by atoms with Gasteiger partial charge in [-0.2, -0.15) is 5.26 Å². The van der Waals surface area contributed by atoms with E-state index < -0.39 is 12.2 Å². The summed E-state index contributed by atoms with van der Waals surface area (Å²) in [6, 6.07) is 5.75.